The molecule has 0 aliphatic carbocycles. The minimum Gasteiger partial charge on any atom is -0.306 e. The number of nitrogens with zero attached hydrogens (tertiary/aromatic N) is 2. The highest BCUT2D eigenvalue weighted by Gasteiger charge is 2.12. The number of halogens is 1. The smallest absolute Gasteiger partial charge is 0.254 e. The van der Waals surface area contributed by atoms with E-state index in [1.54, 1.807) is 13.1 Å². The van der Waals surface area contributed by atoms with E-state index in [9.17, 15) is 4.79 Å². The standard InChI is InChI=1S/C16H14BrN3O/c1-3-13-9(2)16(21)20-15(19-13)11-6-7-12(17)10-5-4-8-18-14(10)11/h4-8H,3H2,1-2H3,(H,19,20,21). The summed E-state index contributed by atoms with van der Waals surface area (Å²) in [5.41, 5.74) is 3.06. The van der Waals surface area contributed by atoms with Crippen molar-refractivity contribution < 1.29 is 0 Å². The zero-order valence-corrected chi connectivity index (χ0v) is 13.4. The van der Waals surface area contributed by atoms with Crippen LogP contribution in [-0.4, -0.2) is 15.0 Å². The van der Waals surface area contributed by atoms with E-state index in [1.165, 1.54) is 0 Å². The molecule has 21 heavy (non-hydrogen) atoms. The Morgan fingerprint density at radius 2 is 2.10 bits per heavy atom. The Labute approximate surface area is 130 Å². The van der Waals surface area contributed by atoms with Crippen molar-refractivity contribution in [2.45, 2.75) is 20.3 Å². The average molecular weight is 344 g/mol. The van der Waals surface area contributed by atoms with Crippen molar-refractivity contribution in [2.24, 2.45) is 0 Å². The SMILES string of the molecule is CCc1nc(-c2ccc(Br)c3cccnc23)[nH]c(=O)c1C. The van der Waals surface area contributed by atoms with Crippen molar-refractivity contribution in [3.63, 3.8) is 0 Å². The number of benzene rings is 1. The zero-order chi connectivity index (χ0) is 15.0. The molecule has 0 unspecified atom stereocenters. The summed E-state index contributed by atoms with van der Waals surface area (Å²) in [7, 11) is 0. The van der Waals surface area contributed by atoms with Gasteiger partial charge in [0.15, 0.2) is 0 Å². The topological polar surface area (TPSA) is 58.6 Å². The van der Waals surface area contributed by atoms with Crippen LogP contribution in [0.5, 0.6) is 0 Å². The molecule has 0 aliphatic heterocycles. The molecule has 2 aromatic heterocycles. The molecule has 0 atom stereocenters. The molecule has 0 aliphatic rings. The van der Waals surface area contributed by atoms with Crippen LogP contribution in [0.1, 0.15) is 18.2 Å². The maximum atomic E-state index is 12.1. The number of rotatable bonds is 2. The highest BCUT2D eigenvalue weighted by Crippen LogP contribution is 2.29. The number of nitrogens with one attached hydrogen (secondary N) is 1. The van der Waals surface area contributed by atoms with Crippen molar-refractivity contribution in [2.75, 3.05) is 0 Å². The van der Waals surface area contributed by atoms with Crippen LogP contribution in [0, 0.1) is 6.92 Å². The molecule has 0 amide bonds. The number of aromatic nitrogens is 3. The minimum absolute atomic E-state index is 0.0937. The largest absolute Gasteiger partial charge is 0.306 e. The van der Waals surface area contributed by atoms with Gasteiger partial charge < -0.3 is 4.98 Å². The van der Waals surface area contributed by atoms with Crippen LogP contribution in [0.15, 0.2) is 39.7 Å². The van der Waals surface area contributed by atoms with Gasteiger partial charge in [-0.15, -0.1) is 0 Å². The molecule has 0 saturated heterocycles. The molecule has 0 bridgehead atoms. The fourth-order valence-electron chi connectivity index (χ4n) is 2.38. The minimum atomic E-state index is -0.0937. The average Bonchev–Trinajstić information content (AvgIpc) is 2.51. The molecule has 3 rings (SSSR count). The van der Waals surface area contributed by atoms with Crippen molar-refractivity contribution >= 4 is 26.8 Å². The molecule has 0 fully saturated rings. The molecular formula is C16H14BrN3O. The van der Waals surface area contributed by atoms with E-state index < -0.39 is 0 Å². The summed E-state index contributed by atoms with van der Waals surface area (Å²) in [6, 6.07) is 7.75. The normalized spacial score (nSPS) is 11.0. The van der Waals surface area contributed by atoms with E-state index >= 15 is 0 Å². The van der Waals surface area contributed by atoms with Gasteiger partial charge in [0.1, 0.15) is 5.82 Å². The van der Waals surface area contributed by atoms with Crippen LogP contribution in [0.2, 0.25) is 0 Å². The van der Waals surface area contributed by atoms with Gasteiger partial charge in [-0.3, -0.25) is 9.78 Å². The zero-order valence-electron chi connectivity index (χ0n) is 11.8. The molecule has 5 heteroatoms. The number of fused-ring (bicyclic) bond motifs is 1. The number of aromatic amines is 1. The number of pyridine rings is 1. The Kier molecular flexibility index (Phi) is 3.59. The maximum absolute atomic E-state index is 12.1. The van der Waals surface area contributed by atoms with Crippen LogP contribution in [0.3, 0.4) is 0 Å². The Morgan fingerprint density at radius 1 is 1.29 bits per heavy atom. The number of hydrogen-bond acceptors (Lipinski definition) is 3. The number of hydrogen-bond donors (Lipinski definition) is 1. The molecule has 2 heterocycles. The predicted octanol–water partition coefficient (Wildman–Crippen LogP) is 3.62. The molecule has 0 saturated carbocycles. The first-order chi connectivity index (χ1) is 10.1. The first-order valence-corrected chi connectivity index (χ1v) is 7.54. The van der Waals surface area contributed by atoms with Crippen molar-refractivity contribution in [1.29, 1.82) is 0 Å². The van der Waals surface area contributed by atoms with E-state index in [-0.39, 0.29) is 5.56 Å². The first kappa shape index (κ1) is 13.9. The van der Waals surface area contributed by atoms with Crippen LogP contribution in [0.25, 0.3) is 22.3 Å². The Morgan fingerprint density at radius 3 is 2.86 bits per heavy atom. The molecule has 1 aromatic carbocycles. The maximum Gasteiger partial charge on any atom is 0.254 e. The summed E-state index contributed by atoms with van der Waals surface area (Å²) in [6.45, 7) is 3.79. The van der Waals surface area contributed by atoms with Gasteiger partial charge >= 0.3 is 0 Å². The fraction of sp³-hybridized carbons (Fsp3) is 0.188. The van der Waals surface area contributed by atoms with Gasteiger partial charge in [-0.05, 0) is 31.5 Å². The van der Waals surface area contributed by atoms with Gasteiger partial charge in [0.2, 0.25) is 0 Å². The van der Waals surface area contributed by atoms with E-state index in [0.717, 1.165) is 33.1 Å². The summed E-state index contributed by atoms with van der Waals surface area (Å²) in [4.78, 5) is 24.0. The van der Waals surface area contributed by atoms with Crippen LogP contribution >= 0.6 is 15.9 Å². The lowest BCUT2D eigenvalue weighted by Crippen LogP contribution is -2.15. The van der Waals surface area contributed by atoms with Crippen LogP contribution in [0.4, 0.5) is 0 Å². The Hall–Kier alpha value is -2.01. The van der Waals surface area contributed by atoms with Gasteiger partial charge in [0.25, 0.3) is 5.56 Å². The summed E-state index contributed by atoms with van der Waals surface area (Å²) in [6.07, 6.45) is 2.47. The van der Waals surface area contributed by atoms with Crippen molar-refractivity contribution in [3.05, 3.63) is 56.5 Å². The second-order valence-corrected chi connectivity index (χ2v) is 5.69. The van der Waals surface area contributed by atoms with E-state index in [0.29, 0.717) is 11.4 Å². The van der Waals surface area contributed by atoms with Gasteiger partial charge in [-0.25, -0.2) is 4.98 Å². The molecule has 3 aromatic rings. The van der Waals surface area contributed by atoms with Crippen LogP contribution < -0.4 is 5.56 Å². The third kappa shape index (κ3) is 2.38. The molecule has 0 radical (unpaired) electrons. The third-order valence-electron chi connectivity index (χ3n) is 3.56. The second kappa shape index (κ2) is 5.41. The summed E-state index contributed by atoms with van der Waals surface area (Å²) in [5.74, 6) is 0.568. The fourth-order valence-corrected chi connectivity index (χ4v) is 2.83. The molecule has 4 nitrogen and oxygen atoms in total. The van der Waals surface area contributed by atoms with Gasteiger partial charge in [-0.1, -0.05) is 28.9 Å². The van der Waals surface area contributed by atoms with E-state index in [1.807, 2.05) is 31.2 Å². The lowest BCUT2D eigenvalue weighted by atomic mass is 10.1. The molecule has 106 valence electrons. The molecule has 0 spiro atoms. The van der Waals surface area contributed by atoms with Gasteiger partial charge in [0.05, 0.1) is 11.2 Å². The predicted molar refractivity (Wildman–Crippen MR) is 87.4 cm³/mol. The highest BCUT2D eigenvalue weighted by molar-refractivity contribution is 9.10. The third-order valence-corrected chi connectivity index (χ3v) is 4.25. The van der Waals surface area contributed by atoms with Crippen LogP contribution in [-0.2, 0) is 6.42 Å². The lowest BCUT2D eigenvalue weighted by Gasteiger charge is -2.09. The van der Waals surface area contributed by atoms with Gasteiger partial charge in [-0.2, -0.15) is 0 Å². The summed E-state index contributed by atoms with van der Waals surface area (Å²) in [5, 5.41) is 0.997. The summed E-state index contributed by atoms with van der Waals surface area (Å²) >= 11 is 3.53. The summed E-state index contributed by atoms with van der Waals surface area (Å²) < 4.78 is 0.972. The molecule has 1 N–H and O–H groups in total. The van der Waals surface area contributed by atoms with E-state index in [4.69, 9.17) is 0 Å². The number of aryl methyl sites for hydroxylation is 1. The Bertz CT molecular complexity index is 886. The van der Waals surface area contributed by atoms with Crippen molar-refractivity contribution in [3.8, 4) is 11.4 Å². The monoisotopic (exact) mass is 343 g/mol. The first-order valence-electron chi connectivity index (χ1n) is 6.75. The Balaban J connectivity index is 2.34. The number of H-pyrrole nitrogens is 1. The quantitative estimate of drug-likeness (QED) is 0.772. The highest BCUT2D eigenvalue weighted by atomic mass is 79.9. The molecular weight excluding hydrogens is 330 g/mol. The van der Waals surface area contributed by atoms with Gasteiger partial charge in [0, 0.05) is 27.2 Å². The second-order valence-electron chi connectivity index (χ2n) is 4.83. The van der Waals surface area contributed by atoms with Crippen molar-refractivity contribution in [1.82, 2.24) is 15.0 Å². The van der Waals surface area contributed by atoms with E-state index in [2.05, 4.69) is 30.9 Å². The lowest BCUT2D eigenvalue weighted by molar-refractivity contribution is 0.955.